The van der Waals surface area contributed by atoms with Gasteiger partial charge in [-0.05, 0) is 12.1 Å². The zero-order valence-corrected chi connectivity index (χ0v) is 9.11. The minimum absolute atomic E-state index is 0.239. The molecule has 0 aromatic heterocycles. The van der Waals surface area contributed by atoms with E-state index < -0.39 is 12.4 Å². The molecule has 0 bridgehead atoms. The van der Waals surface area contributed by atoms with E-state index in [0.717, 1.165) is 12.1 Å². The minimum Gasteiger partial charge on any atom is -0.433 e. The molecule has 1 nitrogen and oxygen atoms in total. The highest BCUT2D eigenvalue weighted by atomic mass is 32.1. The molecule has 0 aliphatic heterocycles. The summed E-state index contributed by atoms with van der Waals surface area (Å²) in [5.74, 6) is 5.01. The second kappa shape index (κ2) is 6.33. The van der Waals surface area contributed by atoms with Crippen LogP contribution >= 0.6 is 12.6 Å². The van der Waals surface area contributed by atoms with E-state index in [1.54, 1.807) is 0 Å². The standard InChI is InChI=1S/C11H9F3OS/c12-9-5-4-8(3-1-2-6-16)10(7-9)15-11(13)14/h4-5,7,11,16H,2,6H2. The third-order valence-corrected chi connectivity index (χ3v) is 1.84. The van der Waals surface area contributed by atoms with Crippen LogP contribution in [0.1, 0.15) is 12.0 Å². The lowest BCUT2D eigenvalue weighted by molar-refractivity contribution is -0.0501. The minimum atomic E-state index is -2.99. The lowest BCUT2D eigenvalue weighted by Gasteiger charge is -2.06. The van der Waals surface area contributed by atoms with Crippen molar-refractivity contribution in [1.82, 2.24) is 0 Å². The van der Waals surface area contributed by atoms with E-state index in [2.05, 4.69) is 29.2 Å². The van der Waals surface area contributed by atoms with Gasteiger partial charge in [-0.2, -0.15) is 21.4 Å². The van der Waals surface area contributed by atoms with E-state index in [1.165, 1.54) is 6.07 Å². The molecule has 0 amide bonds. The molecule has 0 radical (unpaired) electrons. The van der Waals surface area contributed by atoms with Crippen LogP contribution in [0.25, 0.3) is 0 Å². The van der Waals surface area contributed by atoms with Gasteiger partial charge >= 0.3 is 6.61 Å². The number of benzene rings is 1. The lowest BCUT2D eigenvalue weighted by Crippen LogP contribution is -2.03. The van der Waals surface area contributed by atoms with E-state index in [-0.39, 0.29) is 11.3 Å². The smallest absolute Gasteiger partial charge is 0.387 e. The van der Waals surface area contributed by atoms with Gasteiger partial charge in [0.15, 0.2) is 0 Å². The first kappa shape index (κ1) is 12.8. The average molecular weight is 246 g/mol. The summed E-state index contributed by atoms with van der Waals surface area (Å²) in [5, 5.41) is 0. The fraction of sp³-hybridized carbons (Fsp3) is 0.273. The van der Waals surface area contributed by atoms with Gasteiger partial charge in [-0.25, -0.2) is 4.39 Å². The Bertz CT molecular complexity index is 409. The fourth-order valence-corrected chi connectivity index (χ4v) is 1.12. The quantitative estimate of drug-likeness (QED) is 0.637. The van der Waals surface area contributed by atoms with Crippen molar-refractivity contribution in [1.29, 1.82) is 0 Å². The molecule has 0 fully saturated rings. The van der Waals surface area contributed by atoms with Crippen molar-refractivity contribution >= 4 is 12.6 Å². The van der Waals surface area contributed by atoms with Crippen molar-refractivity contribution in [2.45, 2.75) is 13.0 Å². The molecule has 0 N–H and O–H groups in total. The van der Waals surface area contributed by atoms with Crippen molar-refractivity contribution in [3.05, 3.63) is 29.6 Å². The summed E-state index contributed by atoms with van der Waals surface area (Å²) in [6.07, 6.45) is 0.522. The normalized spacial score (nSPS) is 9.81. The first-order valence-electron chi connectivity index (χ1n) is 4.47. The molecular formula is C11H9F3OS. The maximum absolute atomic E-state index is 12.8. The van der Waals surface area contributed by atoms with Crippen LogP contribution in [0.5, 0.6) is 5.75 Å². The highest BCUT2D eigenvalue weighted by Gasteiger charge is 2.09. The van der Waals surface area contributed by atoms with Crippen molar-refractivity contribution < 1.29 is 17.9 Å². The molecule has 0 spiro atoms. The molecule has 0 heterocycles. The predicted molar refractivity (Wildman–Crippen MR) is 58.4 cm³/mol. The third-order valence-electron chi connectivity index (χ3n) is 1.62. The Labute approximate surface area is 97.0 Å². The maximum atomic E-state index is 12.8. The molecule has 0 aliphatic carbocycles. The van der Waals surface area contributed by atoms with Crippen molar-refractivity contribution in [2.24, 2.45) is 0 Å². The van der Waals surface area contributed by atoms with Gasteiger partial charge in [0.25, 0.3) is 0 Å². The largest absolute Gasteiger partial charge is 0.433 e. The molecule has 0 atom stereocenters. The molecular weight excluding hydrogens is 237 g/mol. The van der Waals surface area contributed by atoms with Gasteiger partial charge < -0.3 is 4.74 Å². The van der Waals surface area contributed by atoms with E-state index >= 15 is 0 Å². The number of alkyl halides is 2. The van der Waals surface area contributed by atoms with Gasteiger partial charge in [0.1, 0.15) is 11.6 Å². The molecule has 1 rings (SSSR count). The second-order valence-electron chi connectivity index (χ2n) is 2.79. The summed E-state index contributed by atoms with van der Waals surface area (Å²) in [5.41, 5.74) is 0.239. The summed E-state index contributed by atoms with van der Waals surface area (Å²) >= 11 is 3.95. The van der Waals surface area contributed by atoms with E-state index in [0.29, 0.717) is 12.2 Å². The molecule has 1 aromatic rings. The van der Waals surface area contributed by atoms with Gasteiger partial charge in [-0.15, -0.1) is 0 Å². The maximum Gasteiger partial charge on any atom is 0.387 e. The van der Waals surface area contributed by atoms with Crippen molar-refractivity contribution in [3.63, 3.8) is 0 Å². The molecule has 0 saturated heterocycles. The third kappa shape index (κ3) is 4.07. The van der Waals surface area contributed by atoms with Crippen molar-refractivity contribution in [3.8, 4) is 17.6 Å². The number of rotatable bonds is 3. The average Bonchev–Trinajstić information content (AvgIpc) is 2.20. The van der Waals surface area contributed by atoms with E-state index in [4.69, 9.17) is 0 Å². The van der Waals surface area contributed by atoms with Crippen LogP contribution < -0.4 is 4.74 Å². The molecule has 0 aliphatic rings. The molecule has 0 saturated carbocycles. The molecule has 16 heavy (non-hydrogen) atoms. The molecule has 1 aromatic carbocycles. The van der Waals surface area contributed by atoms with Gasteiger partial charge in [0, 0.05) is 18.2 Å². The Hall–Kier alpha value is -1.28. The fourth-order valence-electron chi connectivity index (χ4n) is 1.01. The summed E-state index contributed by atoms with van der Waals surface area (Å²) in [6, 6.07) is 3.33. The molecule has 86 valence electrons. The first-order valence-corrected chi connectivity index (χ1v) is 5.11. The Morgan fingerprint density at radius 3 is 2.75 bits per heavy atom. The van der Waals surface area contributed by atoms with Crippen LogP contribution in [0.2, 0.25) is 0 Å². The second-order valence-corrected chi connectivity index (χ2v) is 3.24. The Morgan fingerprint density at radius 2 is 2.12 bits per heavy atom. The number of ether oxygens (including phenoxy) is 1. The van der Waals surface area contributed by atoms with Crippen LogP contribution in [0, 0.1) is 17.7 Å². The zero-order valence-electron chi connectivity index (χ0n) is 8.21. The summed E-state index contributed by atoms with van der Waals surface area (Å²) in [4.78, 5) is 0. The summed E-state index contributed by atoms with van der Waals surface area (Å²) in [6.45, 7) is -2.99. The number of hydrogen-bond acceptors (Lipinski definition) is 2. The first-order chi connectivity index (χ1) is 7.63. The van der Waals surface area contributed by atoms with Crippen LogP contribution in [0.3, 0.4) is 0 Å². The number of hydrogen-bond donors (Lipinski definition) is 1. The van der Waals surface area contributed by atoms with Crippen molar-refractivity contribution in [2.75, 3.05) is 5.75 Å². The van der Waals surface area contributed by atoms with Crippen LogP contribution in [0.4, 0.5) is 13.2 Å². The number of thiol groups is 1. The number of halogens is 3. The predicted octanol–water partition coefficient (Wildman–Crippen LogP) is 3.10. The van der Waals surface area contributed by atoms with Crippen LogP contribution in [-0.4, -0.2) is 12.4 Å². The summed E-state index contributed by atoms with van der Waals surface area (Å²) in [7, 11) is 0. The molecule has 5 heteroatoms. The van der Waals surface area contributed by atoms with Gasteiger partial charge in [-0.3, -0.25) is 0 Å². The molecule has 0 unspecified atom stereocenters. The topological polar surface area (TPSA) is 9.23 Å². The monoisotopic (exact) mass is 246 g/mol. The SMILES string of the molecule is Fc1ccc(C#CCCS)c(OC(F)F)c1. The van der Waals surface area contributed by atoms with E-state index in [1.807, 2.05) is 0 Å². The van der Waals surface area contributed by atoms with E-state index in [9.17, 15) is 13.2 Å². The van der Waals surface area contributed by atoms with Gasteiger partial charge in [0.2, 0.25) is 0 Å². The Kier molecular flexibility index (Phi) is 5.06. The van der Waals surface area contributed by atoms with Gasteiger partial charge in [-0.1, -0.05) is 11.8 Å². The van der Waals surface area contributed by atoms with Crippen LogP contribution in [0.15, 0.2) is 18.2 Å². The van der Waals surface area contributed by atoms with Gasteiger partial charge in [0.05, 0.1) is 5.56 Å². The van der Waals surface area contributed by atoms with Crippen LogP contribution in [-0.2, 0) is 0 Å². The Morgan fingerprint density at radius 1 is 1.38 bits per heavy atom. The Balaban J connectivity index is 2.94. The highest BCUT2D eigenvalue weighted by molar-refractivity contribution is 7.80. The lowest BCUT2D eigenvalue weighted by atomic mass is 10.2. The zero-order chi connectivity index (χ0) is 12.0. The highest BCUT2D eigenvalue weighted by Crippen LogP contribution is 2.21. The summed E-state index contributed by atoms with van der Waals surface area (Å²) < 4.78 is 41.0.